The lowest BCUT2D eigenvalue weighted by molar-refractivity contribution is -0.151. The van der Waals surface area contributed by atoms with Gasteiger partial charge in [-0.05, 0) is 31.2 Å². The van der Waals surface area contributed by atoms with Gasteiger partial charge in [-0.1, -0.05) is 6.07 Å². The predicted molar refractivity (Wildman–Crippen MR) is 90.3 cm³/mol. The highest BCUT2D eigenvalue weighted by molar-refractivity contribution is 7.10. The Morgan fingerprint density at radius 3 is 2.92 bits per heavy atom. The molecule has 0 spiro atoms. The fourth-order valence-electron chi connectivity index (χ4n) is 2.84. The van der Waals surface area contributed by atoms with Crippen LogP contribution >= 0.6 is 11.3 Å². The number of rotatable bonds is 6. The minimum Gasteiger partial charge on any atom is -0.466 e. The van der Waals surface area contributed by atoms with Crippen molar-refractivity contribution in [1.82, 2.24) is 10.2 Å². The van der Waals surface area contributed by atoms with Gasteiger partial charge < -0.3 is 20.7 Å². The first-order chi connectivity index (χ1) is 11.5. The number of amides is 3. The van der Waals surface area contributed by atoms with Crippen molar-refractivity contribution in [1.29, 1.82) is 0 Å². The molecule has 1 aromatic heterocycles. The van der Waals surface area contributed by atoms with E-state index in [1.54, 1.807) is 11.8 Å². The maximum atomic E-state index is 12.6. The molecule has 2 rings (SSSR count). The van der Waals surface area contributed by atoms with Crippen molar-refractivity contribution < 1.29 is 19.1 Å². The summed E-state index contributed by atoms with van der Waals surface area (Å²) in [5.41, 5.74) is 5.22. The number of urea groups is 1. The summed E-state index contributed by atoms with van der Waals surface area (Å²) in [6, 6.07) is 2.61. The van der Waals surface area contributed by atoms with Crippen molar-refractivity contribution in [2.45, 2.75) is 32.2 Å². The number of thiophene rings is 1. The van der Waals surface area contributed by atoms with Crippen LogP contribution in [-0.2, 0) is 14.3 Å². The lowest BCUT2D eigenvalue weighted by Gasteiger charge is -2.32. The largest absolute Gasteiger partial charge is 0.466 e. The second-order valence-corrected chi connectivity index (χ2v) is 6.69. The molecule has 3 N–H and O–H groups in total. The molecule has 2 atom stereocenters. The summed E-state index contributed by atoms with van der Waals surface area (Å²) in [5, 5.41) is 4.50. The predicted octanol–water partition coefficient (Wildman–Crippen LogP) is 1.65. The van der Waals surface area contributed by atoms with Crippen molar-refractivity contribution in [3.8, 4) is 0 Å². The van der Waals surface area contributed by atoms with Crippen LogP contribution in [0.5, 0.6) is 0 Å². The molecule has 132 valence electrons. The molecule has 1 fully saturated rings. The first kappa shape index (κ1) is 18.3. The van der Waals surface area contributed by atoms with Gasteiger partial charge in [-0.2, -0.15) is 0 Å². The van der Waals surface area contributed by atoms with Gasteiger partial charge in [0.25, 0.3) is 0 Å². The van der Waals surface area contributed by atoms with E-state index in [1.165, 1.54) is 11.3 Å². The van der Waals surface area contributed by atoms with Crippen molar-refractivity contribution in [3.63, 3.8) is 0 Å². The third-order valence-corrected chi connectivity index (χ3v) is 4.96. The minimum atomic E-state index is -0.663. The number of carbonyl (C=O) groups excluding carboxylic acids is 3. The quantitative estimate of drug-likeness (QED) is 0.759. The molecule has 0 saturated carbocycles. The topological polar surface area (TPSA) is 102 Å². The number of nitrogens with two attached hydrogens (primary N) is 1. The summed E-state index contributed by atoms with van der Waals surface area (Å²) in [5.74, 6) is -0.622. The highest BCUT2D eigenvalue weighted by atomic mass is 32.1. The first-order valence-corrected chi connectivity index (χ1v) is 8.93. The van der Waals surface area contributed by atoms with Crippen LogP contribution in [0.3, 0.4) is 0 Å². The van der Waals surface area contributed by atoms with E-state index in [0.717, 1.165) is 17.7 Å². The molecule has 1 saturated heterocycles. The number of nitrogens with zero attached hydrogens (tertiary/aromatic N) is 1. The molecule has 0 radical (unpaired) electrons. The smallest absolute Gasteiger partial charge is 0.312 e. The average molecular weight is 353 g/mol. The molecule has 0 aliphatic carbocycles. The van der Waals surface area contributed by atoms with Gasteiger partial charge in [-0.15, -0.1) is 11.3 Å². The Labute approximate surface area is 145 Å². The zero-order valence-electron chi connectivity index (χ0n) is 13.7. The monoisotopic (exact) mass is 353 g/mol. The van der Waals surface area contributed by atoms with Gasteiger partial charge >= 0.3 is 12.0 Å². The third kappa shape index (κ3) is 4.95. The van der Waals surface area contributed by atoms with Crippen LogP contribution < -0.4 is 11.1 Å². The molecule has 3 amide bonds. The molecule has 0 bridgehead atoms. The van der Waals surface area contributed by atoms with Crippen LogP contribution in [0.25, 0.3) is 0 Å². The number of nitrogens with one attached hydrogen (secondary N) is 1. The molecular weight excluding hydrogens is 330 g/mol. The summed E-state index contributed by atoms with van der Waals surface area (Å²) >= 11 is 1.46. The van der Waals surface area contributed by atoms with Gasteiger partial charge in [0.1, 0.15) is 0 Å². The zero-order valence-corrected chi connectivity index (χ0v) is 14.5. The van der Waals surface area contributed by atoms with E-state index in [1.807, 2.05) is 17.5 Å². The lowest BCUT2D eigenvalue weighted by atomic mass is 9.97. The van der Waals surface area contributed by atoms with E-state index in [4.69, 9.17) is 10.5 Å². The Hall–Kier alpha value is -2.09. The molecule has 2 unspecified atom stereocenters. The number of esters is 1. The number of carbonyl (C=O) groups is 3. The van der Waals surface area contributed by atoms with Crippen LogP contribution in [0.4, 0.5) is 4.79 Å². The number of likely N-dealkylation sites (tertiary alicyclic amines) is 1. The number of hydrogen-bond donors (Lipinski definition) is 2. The fourth-order valence-corrected chi connectivity index (χ4v) is 3.62. The van der Waals surface area contributed by atoms with Crippen LogP contribution in [0.1, 0.15) is 37.1 Å². The van der Waals surface area contributed by atoms with Crippen molar-refractivity contribution in [2.24, 2.45) is 11.7 Å². The lowest BCUT2D eigenvalue weighted by Crippen LogP contribution is -2.44. The Morgan fingerprint density at radius 1 is 1.50 bits per heavy atom. The zero-order chi connectivity index (χ0) is 17.5. The fraction of sp³-hybridized carbons (Fsp3) is 0.562. The molecule has 8 heteroatoms. The second kappa shape index (κ2) is 8.68. The highest BCUT2D eigenvalue weighted by Gasteiger charge is 2.30. The van der Waals surface area contributed by atoms with Crippen LogP contribution in [-0.4, -0.2) is 42.5 Å². The molecule has 0 aromatic carbocycles. The minimum absolute atomic E-state index is 0.101. The van der Waals surface area contributed by atoms with E-state index in [0.29, 0.717) is 19.7 Å². The summed E-state index contributed by atoms with van der Waals surface area (Å²) < 4.78 is 5.05. The molecule has 1 aliphatic heterocycles. The van der Waals surface area contributed by atoms with Crippen molar-refractivity contribution in [2.75, 3.05) is 19.7 Å². The average Bonchev–Trinajstić information content (AvgIpc) is 3.08. The van der Waals surface area contributed by atoms with E-state index in [9.17, 15) is 14.4 Å². The van der Waals surface area contributed by atoms with Crippen molar-refractivity contribution >= 4 is 29.2 Å². The molecule has 1 aliphatic rings. The highest BCUT2D eigenvalue weighted by Crippen LogP contribution is 2.25. The summed E-state index contributed by atoms with van der Waals surface area (Å²) in [6.07, 6.45) is 1.62. The Kier molecular flexibility index (Phi) is 6.60. The van der Waals surface area contributed by atoms with Gasteiger partial charge in [0, 0.05) is 18.0 Å². The number of primary amides is 1. The Morgan fingerprint density at radius 2 is 2.29 bits per heavy atom. The van der Waals surface area contributed by atoms with Gasteiger partial charge in [-0.3, -0.25) is 9.59 Å². The molecule has 2 heterocycles. The summed E-state index contributed by atoms with van der Waals surface area (Å²) in [6.45, 7) is 3.09. The maximum Gasteiger partial charge on any atom is 0.312 e. The number of hydrogen-bond acceptors (Lipinski definition) is 5. The number of ether oxygens (including phenoxy) is 1. The Bertz CT molecular complexity index is 576. The van der Waals surface area contributed by atoms with Crippen LogP contribution in [0, 0.1) is 5.92 Å². The van der Waals surface area contributed by atoms with Gasteiger partial charge in [-0.25, -0.2) is 4.79 Å². The van der Waals surface area contributed by atoms with E-state index in [2.05, 4.69) is 5.32 Å². The molecular formula is C16H23N3O4S. The first-order valence-electron chi connectivity index (χ1n) is 8.05. The van der Waals surface area contributed by atoms with Gasteiger partial charge in [0.15, 0.2) is 0 Å². The van der Waals surface area contributed by atoms with Gasteiger partial charge in [0.05, 0.1) is 25.0 Å². The van der Waals surface area contributed by atoms with Gasteiger partial charge in [0.2, 0.25) is 5.91 Å². The van der Waals surface area contributed by atoms with Crippen LogP contribution in [0.15, 0.2) is 17.5 Å². The van der Waals surface area contributed by atoms with E-state index in [-0.39, 0.29) is 24.2 Å². The van der Waals surface area contributed by atoms with Crippen LogP contribution in [0.2, 0.25) is 0 Å². The Balaban J connectivity index is 1.98. The third-order valence-electron chi connectivity index (χ3n) is 3.98. The summed E-state index contributed by atoms with van der Waals surface area (Å²) in [4.78, 5) is 38.2. The molecule has 1 aromatic rings. The molecule has 24 heavy (non-hydrogen) atoms. The van der Waals surface area contributed by atoms with Crippen molar-refractivity contribution in [3.05, 3.63) is 22.4 Å². The SMILES string of the molecule is CCOC(=O)C1CCCN(C(=O)CC(NC(N)=O)c2cccs2)C1. The van der Waals surface area contributed by atoms with E-state index < -0.39 is 12.1 Å². The normalized spacial score (nSPS) is 18.7. The molecule has 7 nitrogen and oxygen atoms in total. The van der Waals surface area contributed by atoms with E-state index >= 15 is 0 Å². The maximum absolute atomic E-state index is 12.6. The standard InChI is InChI=1S/C16H23N3O4S/c1-2-23-15(21)11-5-3-7-19(10-11)14(20)9-12(18-16(17)22)13-6-4-8-24-13/h4,6,8,11-12H,2-3,5,7,9-10H2,1H3,(H3,17,18,22). The second-order valence-electron chi connectivity index (χ2n) is 5.71. The number of piperidine rings is 1. The summed E-state index contributed by atoms with van der Waals surface area (Å²) in [7, 11) is 0.